The molecule has 92 valence electrons. The fourth-order valence-corrected chi connectivity index (χ4v) is 0.973. The molecule has 1 aliphatic rings. The van der Waals surface area contributed by atoms with Gasteiger partial charge in [-0.05, 0) is 5.92 Å². The van der Waals surface area contributed by atoms with E-state index in [0.717, 1.165) is 0 Å². The van der Waals surface area contributed by atoms with Crippen LogP contribution in [0.15, 0.2) is 0 Å². The average Bonchev–Trinajstić information content (AvgIpc) is 2.40. The normalized spacial score (nSPS) is 19.1. The second-order valence-corrected chi connectivity index (χ2v) is 3.61. The van der Waals surface area contributed by atoms with Crippen LogP contribution in [0.4, 0.5) is 4.79 Å². The van der Waals surface area contributed by atoms with Crippen LogP contribution in [-0.4, -0.2) is 40.9 Å². The minimum Gasteiger partial charge on any atom is -0.450 e. The molecule has 0 bridgehead atoms. The lowest BCUT2D eigenvalue weighted by atomic mass is 10.2. The summed E-state index contributed by atoms with van der Waals surface area (Å²) in [6.07, 6.45) is -2.22. The molecule has 0 spiro atoms. The smallest absolute Gasteiger partial charge is 0.450 e. The van der Waals surface area contributed by atoms with Crippen LogP contribution < -0.4 is 5.32 Å². The fourth-order valence-electron chi connectivity index (χ4n) is 0.973. The van der Waals surface area contributed by atoms with Crippen LogP contribution in [0.2, 0.25) is 0 Å². The summed E-state index contributed by atoms with van der Waals surface area (Å²) in [5, 5.41) is 16.1. The van der Waals surface area contributed by atoms with Gasteiger partial charge in [-0.25, -0.2) is 4.79 Å². The summed E-state index contributed by atoms with van der Waals surface area (Å²) in [6, 6.07) is 0. The highest BCUT2D eigenvalue weighted by atomic mass is 16.6. The second kappa shape index (κ2) is 6.78. The van der Waals surface area contributed by atoms with Crippen molar-refractivity contribution in [1.29, 1.82) is 0 Å². The monoisotopic (exact) mass is 233 g/mol. The third-order valence-electron chi connectivity index (χ3n) is 1.56. The highest BCUT2D eigenvalue weighted by Crippen LogP contribution is 2.07. The molecule has 7 heteroatoms. The Hall–Kier alpha value is -1.63. The summed E-state index contributed by atoms with van der Waals surface area (Å²) in [5.74, 6) is -0.164. The Morgan fingerprint density at radius 2 is 2.00 bits per heavy atom. The molecule has 0 aromatic heterocycles. The van der Waals surface area contributed by atoms with Crippen LogP contribution in [0.5, 0.6) is 0 Å². The van der Waals surface area contributed by atoms with E-state index in [4.69, 9.17) is 19.7 Å². The molecule has 2 amide bonds. The summed E-state index contributed by atoms with van der Waals surface area (Å²) >= 11 is 0. The maximum absolute atomic E-state index is 10.9. The molecule has 3 N–H and O–H groups in total. The van der Waals surface area contributed by atoms with Crippen molar-refractivity contribution in [1.82, 2.24) is 5.32 Å². The predicted molar refractivity (Wildman–Crippen MR) is 53.0 cm³/mol. The van der Waals surface area contributed by atoms with Crippen LogP contribution in [0.3, 0.4) is 0 Å². The highest BCUT2D eigenvalue weighted by molar-refractivity contribution is 6.04. The second-order valence-electron chi connectivity index (χ2n) is 3.61. The molecule has 0 aromatic rings. The van der Waals surface area contributed by atoms with Gasteiger partial charge in [0.05, 0.1) is 6.42 Å². The van der Waals surface area contributed by atoms with Crippen LogP contribution >= 0.6 is 0 Å². The Kier molecular flexibility index (Phi) is 6.09. The van der Waals surface area contributed by atoms with Crippen molar-refractivity contribution in [3.63, 3.8) is 0 Å². The first-order valence-electron chi connectivity index (χ1n) is 4.70. The van der Waals surface area contributed by atoms with Crippen molar-refractivity contribution in [2.75, 3.05) is 6.61 Å². The van der Waals surface area contributed by atoms with Crippen LogP contribution in [0, 0.1) is 5.92 Å². The van der Waals surface area contributed by atoms with Gasteiger partial charge in [0.2, 0.25) is 5.91 Å². The third-order valence-corrected chi connectivity index (χ3v) is 1.56. The predicted octanol–water partition coefficient (Wildman–Crippen LogP) is 0.296. The average molecular weight is 233 g/mol. The summed E-state index contributed by atoms with van der Waals surface area (Å²) in [5.41, 5.74) is 0. The molecule has 1 fully saturated rings. The number of ether oxygens (including phenoxy) is 1. The summed E-state index contributed by atoms with van der Waals surface area (Å²) in [6.45, 7) is 4.51. The van der Waals surface area contributed by atoms with Gasteiger partial charge in [0, 0.05) is 6.61 Å². The highest BCUT2D eigenvalue weighted by Gasteiger charge is 2.31. The largest absolute Gasteiger partial charge is 0.503 e. The van der Waals surface area contributed by atoms with Gasteiger partial charge >= 0.3 is 6.16 Å². The molecule has 1 atom stereocenters. The number of hydrogen-bond donors (Lipinski definition) is 3. The van der Waals surface area contributed by atoms with Crippen molar-refractivity contribution in [2.24, 2.45) is 5.92 Å². The van der Waals surface area contributed by atoms with Crippen molar-refractivity contribution < 1.29 is 29.3 Å². The van der Waals surface area contributed by atoms with Gasteiger partial charge in [-0.15, -0.1) is 0 Å². The molecule has 1 rings (SSSR count). The minimum absolute atomic E-state index is 0.172. The van der Waals surface area contributed by atoms with Crippen molar-refractivity contribution in [3.05, 3.63) is 0 Å². The van der Waals surface area contributed by atoms with Crippen molar-refractivity contribution in [2.45, 2.75) is 26.4 Å². The van der Waals surface area contributed by atoms with Gasteiger partial charge < -0.3 is 14.9 Å². The number of nitrogens with one attached hydrogen (secondary N) is 1. The lowest BCUT2D eigenvalue weighted by Gasteiger charge is -2.09. The van der Waals surface area contributed by atoms with E-state index in [0.29, 0.717) is 12.5 Å². The van der Waals surface area contributed by atoms with Gasteiger partial charge in [0.1, 0.15) is 6.10 Å². The number of imide groups is 1. The first-order valence-corrected chi connectivity index (χ1v) is 4.70. The van der Waals surface area contributed by atoms with Crippen LogP contribution in [-0.2, 0) is 14.3 Å². The SMILES string of the molecule is CC(C)COC1CC(=O)NC1=O.O=C(O)O. The standard InChI is InChI=1S/C8H13NO3.CH2O3/c1-5(2)4-12-6-3-7(10)9-8(6)11;2-1(3)4/h5-6H,3-4H2,1-2H3,(H,9,10,11);(H2,2,3,4). The minimum atomic E-state index is -1.83. The third kappa shape index (κ3) is 6.77. The summed E-state index contributed by atoms with van der Waals surface area (Å²) in [7, 11) is 0. The molecular formula is C9H15NO6. The lowest BCUT2D eigenvalue weighted by molar-refractivity contribution is -0.130. The number of hydrogen-bond acceptors (Lipinski definition) is 4. The summed E-state index contributed by atoms with van der Waals surface area (Å²) in [4.78, 5) is 30.2. The van der Waals surface area contributed by atoms with Crippen molar-refractivity contribution >= 4 is 18.0 Å². The molecule has 7 nitrogen and oxygen atoms in total. The maximum atomic E-state index is 10.9. The van der Waals surface area contributed by atoms with Gasteiger partial charge in [-0.3, -0.25) is 14.9 Å². The van der Waals surface area contributed by atoms with Crippen LogP contribution in [0.1, 0.15) is 20.3 Å². The quantitative estimate of drug-likeness (QED) is 0.604. The van der Waals surface area contributed by atoms with E-state index in [2.05, 4.69) is 5.32 Å². The summed E-state index contributed by atoms with van der Waals surface area (Å²) < 4.78 is 5.21. The van der Waals surface area contributed by atoms with E-state index in [1.54, 1.807) is 0 Å². The molecule has 1 saturated heterocycles. The molecule has 0 saturated carbocycles. The van der Waals surface area contributed by atoms with Crippen molar-refractivity contribution in [3.8, 4) is 0 Å². The Bertz CT molecular complexity index is 271. The Morgan fingerprint density at radius 3 is 2.31 bits per heavy atom. The zero-order chi connectivity index (χ0) is 12.7. The first kappa shape index (κ1) is 14.4. The molecule has 0 aromatic carbocycles. The number of rotatable bonds is 3. The van der Waals surface area contributed by atoms with E-state index in [9.17, 15) is 9.59 Å². The van der Waals surface area contributed by atoms with E-state index >= 15 is 0 Å². The van der Waals surface area contributed by atoms with Gasteiger partial charge in [-0.2, -0.15) is 0 Å². The maximum Gasteiger partial charge on any atom is 0.503 e. The zero-order valence-electron chi connectivity index (χ0n) is 9.10. The van der Waals surface area contributed by atoms with E-state index in [1.165, 1.54) is 0 Å². The van der Waals surface area contributed by atoms with Gasteiger partial charge in [0.25, 0.3) is 5.91 Å². The van der Waals surface area contributed by atoms with Gasteiger partial charge in [0.15, 0.2) is 0 Å². The number of amides is 2. The lowest BCUT2D eigenvalue weighted by Crippen LogP contribution is -2.27. The number of carboxylic acid groups (broad SMARTS) is 2. The van der Waals surface area contributed by atoms with E-state index < -0.39 is 12.3 Å². The van der Waals surface area contributed by atoms with Gasteiger partial charge in [-0.1, -0.05) is 13.8 Å². The molecule has 16 heavy (non-hydrogen) atoms. The number of carbonyl (C=O) groups excluding carboxylic acids is 2. The molecule has 1 heterocycles. The molecule has 0 radical (unpaired) electrons. The fraction of sp³-hybridized carbons (Fsp3) is 0.667. The van der Waals surface area contributed by atoms with Crippen LogP contribution in [0.25, 0.3) is 0 Å². The van der Waals surface area contributed by atoms with E-state index in [1.807, 2.05) is 13.8 Å². The number of carbonyl (C=O) groups is 3. The zero-order valence-corrected chi connectivity index (χ0v) is 9.10. The molecule has 0 aliphatic carbocycles. The molecule has 1 unspecified atom stereocenters. The molecular weight excluding hydrogens is 218 g/mol. The van der Waals surface area contributed by atoms with E-state index in [-0.39, 0.29) is 18.2 Å². The Labute approximate surface area is 92.4 Å². The Morgan fingerprint density at radius 1 is 1.50 bits per heavy atom. The topological polar surface area (TPSA) is 113 Å². The Balaban J connectivity index is 0.000000487. The molecule has 1 aliphatic heterocycles. The first-order chi connectivity index (χ1) is 7.32.